The smallest absolute Gasteiger partial charge is 0.244 e. The molecule has 2 aliphatic heterocycles. The van der Waals surface area contributed by atoms with Crippen molar-refractivity contribution in [1.82, 2.24) is 20.0 Å². The average Bonchev–Trinajstić information content (AvgIpc) is 3.00. The number of rotatable bonds is 3. The van der Waals surface area contributed by atoms with Gasteiger partial charge in [-0.25, -0.2) is 0 Å². The first kappa shape index (κ1) is 20.0. The third-order valence-corrected chi connectivity index (χ3v) is 5.34. The van der Waals surface area contributed by atoms with Crippen LogP contribution in [0.4, 0.5) is 0 Å². The van der Waals surface area contributed by atoms with Gasteiger partial charge in [-0.2, -0.15) is 5.10 Å². The van der Waals surface area contributed by atoms with Gasteiger partial charge >= 0.3 is 0 Å². The predicted molar refractivity (Wildman–Crippen MR) is 107 cm³/mol. The fourth-order valence-corrected chi connectivity index (χ4v) is 3.92. The van der Waals surface area contributed by atoms with Crippen molar-refractivity contribution < 1.29 is 9.53 Å². The number of nitrogens with zero attached hydrogens (tertiary/aromatic N) is 3. The molecule has 146 valence electrons. The number of aromatic nitrogens is 2. The van der Waals surface area contributed by atoms with Gasteiger partial charge in [-0.3, -0.25) is 9.48 Å². The summed E-state index contributed by atoms with van der Waals surface area (Å²) in [6.45, 7) is 3.83. The molecule has 0 radical (unpaired) electrons. The molecular formula is C19H24Cl2N4O2. The van der Waals surface area contributed by atoms with Crippen LogP contribution in [-0.4, -0.2) is 46.8 Å². The third-order valence-electron chi connectivity index (χ3n) is 5.10. The van der Waals surface area contributed by atoms with E-state index in [9.17, 15) is 4.79 Å². The highest BCUT2D eigenvalue weighted by Gasteiger charge is 2.23. The van der Waals surface area contributed by atoms with E-state index < -0.39 is 0 Å². The molecule has 1 aromatic heterocycles. The summed E-state index contributed by atoms with van der Waals surface area (Å²) in [5.41, 5.74) is 2.08. The number of hydrogen-bond donors (Lipinski definition) is 1. The molecule has 0 saturated carbocycles. The average molecular weight is 411 g/mol. The predicted octanol–water partition coefficient (Wildman–Crippen LogP) is 2.85. The molecule has 1 fully saturated rings. The van der Waals surface area contributed by atoms with E-state index in [1.54, 1.807) is 6.20 Å². The lowest BCUT2D eigenvalue weighted by atomic mass is 9.96. The highest BCUT2D eigenvalue weighted by atomic mass is 35.5. The highest BCUT2D eigenvalue weighted by Crippen LogP contribution is 2.27. The van der Waals surface area contributed by atoms with E-state index in [0.29, 0.717) is 30.6 Å². The number of ether oxygens (including phenoxy) is 1. The molecule has 2 aromatic rings. The van der Waals surface area contributed by atoms with Gasteiger partial charge in [0, 0.05) is 41.5 Å². The molecular weight excluding hydrogens is 387 g/mol. The zero-order valence-electron chi connectivity index (χ0n) is 15.1. The number of carbonyl (C=O) groups excluding carboxylic acids is 1. The summed E-state index contributed by atoms with van der Waals surface area (Å²) in [5, 5.41) is 8.48. The van der Waals surface area contributed by atoms with Gasteiger partial charge in [0.15, 0.2) is 0 Å². The molecule has 0 aliphatic carbocycles. The number of fused-ring (bicyclic) bond motifs is 1. The Morgan fingerprint density at radius 3 is 3.07 bits per heavy atom. The maximum absolute atomic E-state index is 12.9. The first-order chi connectivity index (χ1) is 12.7. The molecule has 27 heavy (non-hydrogen) atoms. The Hall–Kier alpha value is -1.76. The van der Waals surface area contributed by atoms with E-state index in [1.807, 2.05) is 33.8 Å². The van der Waals surface area contributed by atoms with Crippen LogP contribution >= 0.6 is 24.0 Å². The van der Waals surface area contributed by atoms with Gasteiger partial charge in [0.05, 0.1) is 6.54 Å². The van der Waals surface area contributed by atoms with Crippen molar-refractivity contribution in [3.8, 4) is 5.75 Å². The summed E-state index contributed by atoms with van der Waals surface area (Å²) < 4.78 is 7.61. The number of amides is 1. The van der Waals surface area contributed by atoms with Crippen molar-refractivity contribution >= 4 is 29.9 Å². The van der Waals surface area contributed by atoms with Crippen LogP contribution in [0.2, 0.25) is 5.02 Å². The Bertz CT molecular complexity index is 790. The number of halogens is 2. The molecule has 6 nitrogen and oxygen atoms in total. The Morgan fingerprint density at radius 2 is 2.26 bits per heavy atom. The van der Waals surface area contributed by atoms with E-state index in [2.05, 4.69) is 10.4 Å². The lowest BCUT2D eigenvalue weighted by molar-refractivity contribution is -0.132. The minimum atomic E-state index is 0. The number of nitrogens with one attached hydrogen (secondary N) is 1. The Labute approximate surface area is 170 Å². The molecule has 1 saturated heterocycles. The molecule has 1 N–H and O–H groups in total. The largest absolute Gasteiger partial charge is 0.491 e. The molecule has 1 atom stereocenters. The number of hydrogen-bond acceptors (Lipinski definition) is 4. The van der Waals surface area contributed by atoms with Crippen LogP contribution in [0.15, 0.2) is 30.5 Å². The maximum atomic E-state index is 12.9. The summed E-state index contributed by atoms with van der Waals surface area (Å²) >= 11 is 6.10. The zero-order chi connectivity index (χ0) is 17.9. The standard InChI is InChI=1S/C19H23ClN4O2.ClH/c20-16-3-4-18-15(10-16)12-23(8-9-26-18)19(25)13-24-17(5-7-22-24)14-2-1-6-21-11-14;/h3-5,7,10,14,21H,1-2,6,8-9,11-13H2;1H. The fraction of sp³-hybridized carbons (Fsp3) is 0.474. The molecule has 4 rings (SSSR count). The highest BCUT2D eigenvalue weighted by molar-refractivity contribution is 6.30. The van der Waals surface area contributed by atoms with Crippen LogP contribution in [0.5, 0.6) is 5.75 Å². The number of carbonyl (C=O) groups is 1. The molecule has 2 aliphatic rings. The minimum Gasteiger partial charge on any atom is -0.491 e. The maximum Gasteiger partial charge on any atom is 0.244 e. The van der Waals surface area contributed by atoms with Gasteiger partial charge in [-0.1, -0.05) is 11.6 Å². The number of piperidine rings is 1. The SMILES string of the molecule is Cl.O=C(Cn1nccc1C1CCCNC1)N1CCOc2ccc(Cl)cc2C1. The van der Waals surface area contributed by atoms with Crippen LogP contribution in [-0.2, 0) is 17.9 Å². The topological polar surface area (TPSA) is 59.4 Å². The Kier molecular flexibility index (Phi) is 6.63. The summed E-state index contributed by atoms with van der Waals surface area (Å²) in [6, 6.07) is 7.58. The lowest BCUT2D eigenvalue weighted by Crippen LogP contribution is -2.36. The summed E-state index contributed by atoms with van der Waals surface area (Å²) in [4.78, 5) is 14.7. The Balaban J connectivity index is 0.00000210. The molecule has 8 heteroatoms. The Morgan fingerprint density at radius 1 is 1.37 bits per heavy atom. The van der Waals surface area contributed by atoms with Crippen LogP contribution in [0.25, 0.3) is 0 Å². The van der Waals surface area contributed by atoms with Crippen LogP contribution in [0, 0.1) is 0 Å². The van der Waals surface area contributed by atoms with Gasteiger partial charge in [0.25, 0.3) is 0 Å². The van der Waals surface area contributed by atoms with Crippen molar-refractivity contribution in [3.63, 3.8) is 0 Å². The van der Waals surface area contributed by atoms with E-state index in [1.165, 1.54) is 0 Å². The van der Waals surface area contributed by atoms with Gasteiger partial charge in [-0.05, 0) is 43.7 Å². The summed E-state index contributed by atoms with van der Waals surface area (Å²) in [7, 11) is 0. The van der Waals surface area contributed by atoms with Gasteiger partial charge in [0.2, 0.25) is 5.91 Å². The van der Waals surface area contributed by atoms with E-state index in [0.717, 1.165) is 42.9 Å². The zero-order valence-corrected chi connectivity index (χ0v) is 16.6. The monoisotopic (exact) mass is 410 g/mol. The first-order valence-electron chi connectivity index (χ1n) is 9.12. The van der Waals surface area contributed by atoms with Gasteiger partial charge in [0.1, 0.15) is 18.9 Å². The van der Waals surface area contributed by atoms with Crippen molar-refractivity contribution in [2.45, 2.75) is 31.8 Å². The van der Waals surface area contributed by atoms with Crippen LogP contribution < -0.4 is 10.1 Å². The normalized spacial score (nSPS) is 19.4. The summed E-state index contributed by atoms with van der Waals surface area (Å²) in [5.74, 6) is 1.28. The molecule has 1 amide bonds. The first-order valence-corrected chi connectivity index (χ1v) is 9.50. The van der Waals surface area contributed by atoms with Crippen molar-refractivity contribution in [2.75, 3.05) is 26.2 Å². The van der Waals surface area contributed by atoms with E-state index in [-0.39, 0.29) is 24.9 Å². The molecule has 0 bridgehead atoms. The van der Waals surface area contributed by atoms with Gasteiger partial charge in [-0.15, -0.1) is 12.4 Å². The van der Waals surface area contributed by atoms with Crippen LogP contribution in [0.1, 0.15) is 30.0 Å². The summed E-state index contributed by atoms with van der Waals surface area (Å²) in [6.07, 6.45) is 4.08. The van der Waals surface area contributed by atoms with Crippen molar-refractivity contribution in [2.24, 2.45) is 0 Å². The van der Waals surface area contributed by atoms with Crippen molar-refractivity contribution in [3.05, 3.63) is 46.7 Å². The van der Waals surface area contributed by atoms with Crippen molar-refractivity contribution in [1.29, 1.82) is 0 Å². The fourth-order valence-electron chi connectivity index (χ4n) is 3.73. The molecule has 1 unspecified atom stereocenters. The molecule has 3 heterocycles. The van der Waals surface area contributed by atoms with Crippen LogP contribution in [0.3, 0.4) is 0 Å². The lowest BCUT2D eigenvalue weighted by Gasteiger charge is -2.25. The second-order valence-electron chi connectivity index (χ2n) is 6.87. The second-order valence-corrected chi connectivity index (χ2v) is 7.31. The number of benzene rings is 1. The van der Waals surface area contributed by atoms with E-state index in [4.69, 9.17) is 16.3 Å². The minimum absolute atomic E-state index is 0. The quantitative estimate of drug-likeness (QED) is 0.844. The molecule has 0 spiro atoms. The van der Waals surface area contributed by atoms with Gasteiger partial charge < -0.3 is 15.0 Å². The van der Waals surface area contributed by atoms with E-state index >= 15 is 0 Å². The third kappa shape index (κ3) is 4.57. The molecule has 1 aromatic carbocycles. The second kappa shape index (κ2) is 8.95.